The summed E-state index contributed by atoms with van der Waals surface area (Å²) in [6.07, 6.45) is 0.383. The summed E-state index contributed by atoms with van der Waals surface area (Å²) in [5.74, 6) is 0.0515. The van der Waals surface area contributed by atoms with Crippen LogP contribution in [0.25, 0.3) is 0 Å². The number of nitriles is 1. The number of hydrogen-bond acceptors (Lipinski definition) is 3. The van der Waals surface area contributed by atoms with Crippen LogP contribution in [-0.2, 0) is 12.0 Å². The summed E-state index contributed by atoms with van der Waals surface area (Å²) in [6, 6.07) is 8.35. The molecule has 0 saturated heterocycles. The number of benzene rings is 1. The Labute approximate surface area is 117 Å². The number of halogens is 1. The molecule has 4 nitrogen and oxygen atoms in total. The van der Waals surface area contributed by atoms with Gasteiger partial charge in [-0.3, -0.25) is 0 Å². The number of aromatic nitrogens is 2. The molecule has 0 aliphatic rings. The quantitative estimate of drug-likeness (QED) is 0.914. The van der Waals surface area contributed by atoms with Gasteiger partial charge in [-0.2, -0.15) is 10.4 Å². The molecule has 2 aromatic rings. The Morgan fingerprint density at radius 2 is 2.10 bits per heavy atom. The summed E-state index contributed by atoms with van der Waals surface area (Å²) in [5.41, 5.74) is 7.38. The summed E-state index contributed by atoms with van der Waals surface area (Å²) < 4.78 is 14.8. The van der Waals surface area contributed by atoms with E-state index in [0.717, 1.165) is 5.56 Å². The molecule has 0 amide bonds. The standard InChI is InChI=1S/C15H17FN4/c1-15(2,3)20-14(18)12(9-17)13(19-20)8-10-5-4-6-11(16)7-10/h4-7H,8,18H2,1-3H3. The molecule has 20 heavy (non-hydrogen) atoms. The molecule has 0 aliphatic carbocycles. The minimum absolute atomic E-state index is 0.302. The molecule has 0 aliphatic heterocycles. The molecule has 2 N–H and O–H groups in total. The molecule has 0 saturated carbocycles. The predicted molar refractivity (Wildman–Crippen MR) is 75.6 cm³/mol. The van der Waals surface area contributed by atoms with E-state index >= 15 is 0 Å². The third-order valence-corrected chi connectivity index (χ3v) is 3.00. The van der Waals surface area contributed by atoms with E-state index in [9.17, 15) is 9.65 Å². The molecule has 0 radical (unpaired) electrons. The number of rotatable bonds is 2. The molecule has 0 bridgehead atoms. The maximum atomic E-state index is 13.2. The highest BCUT2D eigenvalue weighted by Crippen LogP contribution is 2.25. The van der Waals surface area contributed by atoms with Gasteiger partial charge >= 0.3 is 0 Å². The second kappa shape index (κ2) is 4.97. The van der Waals surface area contributed by atoms with E-state index in [0.29, 0.717) is 23.5 Å². The zero-order valence-electron chi connectivity index (χ0n) is 11.8. The van der Waals surface area contributed by atoms with Crippen LogP contribution in [0, 0.1) is 17.1 Å². The molecule has 1 aromatic carbocycles. The number of hydrogen-bond donors (Lipinski definition) is 1. The zero-order valence-corrected chi connectivity index (χ0v) is 11.8. The van der Waals surface area contributed by atoms with Crippen molar-refractivity contribution in [1.82, 2.24) is 9.78 Å². The van der Waals surface area contributed by atoms with Gasteiger partial charge in [-0.05, 0) is 38.5 Å². The molecule has 2 rings (SSSR count). The normalized spacial score (nSPS) is 11.3. The highest BCUT2D eigenvalue weighted by Gasteiger charge is 2.23. The van der Waals surface area contributed by atoms with Gasteiger partial charge in [0.1, 0.15) is 23.3 Å². The van der Waals surface area contributed by atoms with Gasteiger partial charge in [-0.25, -0.2) is 9.07 Å². The third kappa shape index (κ3) is 2.64. The highest BCUT2D eigenvalue weighted by atomic mass is 19.1. The van der Waals surface area contributed by atoms with Crippen LogP contribution in [0.4, 0.5) is 10.2 Å². The average Bonchev–Trinajstić information content (AvgIpc) is 2.65. The van der Waals surface area contributed by atoms with Crippen molar-refractivity contribution in [3.8, 4) is 6.07 Å². The van der Waals surface area contributed by atoms with Crippen LogP contribution in [0.15, 0.2) is 24.3 Å². The van der Waals surface area contributed by atoms with Crippen LogP contribution in [0.3, 0.4) is 0 Å². The molecule has 0 atom stereocenters. The Morgan fingerprint density at radius 3 is 2.65 bits per heavy atom. The van der Waals surface area contributed by atoms with Crippen molar-refractivity contribution in [2.45, 2.75) is 32.7 Å². The minimum Gasteiger partial charge on any atom is -0.383 e. The first-order valence-corrected chi connectivity index (χ1v) is 6.35. The van der Waals surface area contributed by atoms with Gasteiger partial charge in [0.25, 0.3) is 0 Å². The van der Waals surface area contributed by atoms with Gasteiger partial charge in [0.15, 0.2) is 0 Å². The van der Waals surface area contributed by atoms with Crippen molar-refractivity contribution in [3.63, 3.8) is 0 Å². The Hall–Kier alpha value is -2.35. The van der Waals surface area contributed by atoms with Crippen LogP contribution in [-0.4, -0.2) is 9.78 Å². The average molecular weight is 272 g/mol. The summed E-state index contributed by atoms with van der Waals surface area (Å²) >= 11 is 0. The lowest BCUT2D eigenvalue weighted by Gasteiger charge is -2.20. The number of anilines is 1. The first-order chi connectivity index (χ1) is 9.32. The molecule has 1 aromatic heterocycles. The second-order valence-corrected chi connectivity index (χ2v) is 5.71. The summed E-state index contributed by atoms with van der Waals surface area (Å²) in [5, 5.41) is 13.7. The van der Waals surface area contributed by atoms with Crippen molar-refractivity contribution in [2.24, 2.45) is 0 Å². The maximum Gasteiger partial charge on any atom is 0.140 e. The SMILES string of the molecule is CC(C)(C)n1nc(Cc2cccc(F)c2)c(C#N)c1N. The van der Waals surface area contributed by atoms with E-state index < -0.39 is 0 Å². The fraction of sp³-hybridized carbons (Fsp3) is 0.333. The van der Waals surface area contributed by atoms with Crippen LogP contribution in [0.5, 0.6) is 0 Å². The predicted octanol–water partition coefficient (Wildman–Crippen LogP) is 2.82. The van der Waals surface area contributed by atoms with E-state index in [-0.39, 0.29) is 11.4 Å². The highest BCUT2D eigenvalue weighted by molar-refractivity contribution is 5.53. The first kappa shape index (κ1) is 14.1. The smallest absolute Gasteiger partial charge is 0.140 e. The Morgan fingerprint density at radius 1 is 1.40 bits per heavy atom. The first-order valence-electron chi connectivity index (χ1n) is 6.35. The summed E-state index contributed by atoms with van der Waals surface area (Å²) in [6.45, 7) is 5.89. The molecule has 5 heteroatoms. The van der Waals surface area contributed by atoms with Crippen molar-refractivity contribution in [3.05, 3.63) is 46.9 Å². The van der Waals surface area contributed by atoms with Crippen molar-refractivity contribution in [1.29, 1.82) is 5.26 Å². The van der Waals surface area contributed by atoms with Gasteiger partial charge in [-0.1, -0.05) is 12.1 Å². The summed E-state index contributed by atoms with van der Waals surface area (Å²) in [4.78, 5) is 0. The van der Waals surface area contributed by atoms with E-state index in [1.165, 1.54) is 12.1 Å². The molecule has 104 valence electrons. The van der Waals surface area contributed by atoms with E-state index in [1.807, 2.05) is 20.8 Å². The molecule has 1 heterocycles. The lowest BCUT2D eigenvalue weighted by atomic mass is 10.1. The van der Waals surface area contributed by atoms with Gasteiger partial charge < -0.3 is 5.73 Å². The van der Waals surface area contributed by atoms with E-state index in [2.05, 4.69) is 11.2 Å². The molecular weight excluding hydrogens is 255 g/mol. The second-order valence-electron chi connectivity index (χ2n) is 5.71. The van der Waals surface area contributed by atoms with Gasteiger partial charge in [-0.15, -0.1) is 0 Å². The van der Waals surface area contributed by atoms with Gasteiger partial charge in [0, 0.05) is 6.42 Å². The van der Waals surface area contributed by atoms with Crippen LogP contribution < -0.4 is 5.73 Å². The third-order valence-electron chi connectivity index (χ3n) is 3.00. The zero-order chi connectivity index (χ0) is 14.9. The van der Waals surface area contributed by atoms with Gasteiger partial charge in [0.2, 0.25) is 0 Å². The largest absolute Gasteiger partial charge is 0.383 e. The van der Waals surface area contributed by atoms with E-state index in [1.54, 1.807) is 16.8 Å². The molecular formula is C15H17FN4. The lowest BCUT2D eigenvalue weighted by Crippen LogP contribution is -2.25. The Bertz CT molecular complexity index is 674. The number of nitrogens with two attached hydrogens (primary N) is 1. The van der Waals surface area contributed by atoms with Crippen LogP contribution in [0.2, 0.25) is 0 Å². The number of nitrogen functional groups attached to an aromatic ring is 1. The Balaban J connectivity index is 2.45. The van der Waals surface area contributed by atoms with Gasteiger partial charge in [0.05, 0.1) is 11.2 Å². The number of nitrogens with zero attached hydrogens (tertiary/aromatic N) is 3. The lowest BCUT2D eigenvalue weighted by molar-refractivity contribution is 0.359. The molecule has 0 unspecified atom stereocenters. The van der Waals surface area contributed by atoms with E-state index in [4.69, 9.17) is 5.73 Å². The topological polar surface area (TPSA) is 67.6 Å². The van der Waals surface area contributed by atoms with Crippen LogP contribution in [0.1, 0.15) is 37.6 Å². The monoisotopic (exact) mass is 272 g/mol. The van der Waals surface area contributed by atoms with Crippen molar-refractivity contribution in [2.75, 3.05) is 5.73 Å². The molecule has 0 fully saturated rings. The van der Waals surface area contributed by atoms with Crippen molar-refractivity contribution >= 4 is 5.82 Å². The fourth-order valence-corrected chi connectivity index (χ4v) is 2.08. The van der Waals surface area contributed by atoms with Crippen LogP contribution >= 0.6 is 0 Å². The minimum atomic E-state index is -0.310. The van der Waals surface area contributed by atoms with Crippen molar-refractivity contribution < 1.29 is 4.39 Å². The summed E-state index contributed by atoms with van der Waals surface area (Å²) in [7, 11) is 0. The fourth-order valence-electron chi connectivity index (χ4n) is 2.08. The Kier molecular flexibility index (Phi) is 3.49. The molecule has 0 spiro atoms. The maximum absolute atomic E-state index is 13.2.